The average molecular weight is 274 g/mol. The van der Waals surface area contributed by atoms with Gasteiger partial charge in [-0.1, -0.05) is 18.2 Å². The highest BCUT2D eigenvalue weighted by Gasteiger charge is 2.41. The fourth-order valence-electron chi connectivity index (χ4n) is 3.20. The van der Waals surface area contributed by atoms with E-state index in [1.165, 1.54) is 36.9 Å². The van der Waals surface area contributed by atoms with Crippen LogP contribution in [0.25, 0.3) is 0 Å². The van der Waals surface area contributed by atoms with Crippen LogP contribution in [0, 0.1) is 11.3 Å². The highest BCUT2D eigenvalue weighted by atomic mass is 16.5. The first-order valence-corrected chi connectivity index (χ1v) is 7.83. The molecule has 1 aliphatic carbocycles. The second-order valence-corrected chi connectivity index (χ2v) is 6.48. The summed E-state index contributed by atoms with van der Waals surface area (Å²) in [6.07, 6.45) is 5.15. The van der Waals surface area contributed by atoms with Crippen LogP contribution in [0.4, 0.5) is 5.69 Å². The summed E-state index contributed by atoms with van der Waals surface area (Å²) in [4.78, 5) is 0. The summed E-state index contributed by atoms with van der Waals surface area (Å²) in [6.45, 7) is 4.28. The maximum atomic E-state index is 5.22. The Kier molecular flexibility index (Phi) is 4.27. The second kappa shape index (κ2) is 6.15. The van der Waals surface area contributed by atoms with Crippen molar-refractivity contribution in [1.29, 1.82) is 0 Å². The van der Waals surface area contributed by atoms with Crippen LogP contribution < -0.4 is 10.6 Å². The van der Waals surface area contributed by atoms with E-state index in [1.54, 1.807) is 7.11 Å². The molecule has 1 unspecified atom stereocenters. The maximum Gasteiger partial charge on any atom is 0.0468 e. The molecule has 0 bridgehead atoms. The van der Waals surface area contributed by atoms with Gasteiger partial charge in [0, 0.05) is 32.5 Å². The van der Waals surface area contributed by atoms with Gasteiger partial charge >= 0.3 is 0 Å². The molecule has 0 amide bonds. The normalized spacial score (nSPS) is 22.9. The molecule has 0 saturated heterocycles. The molecule has 1 aromatic carbocycles. The van der Waals surface area contributed by atoms with Crippen LogP contribution in [0.15, 0.2) is 24.3 Å². The van der Waals surface area contributed by atoms with Crippen molar-refractivity contribution in [2.45, 2.75) is 25.7 Å². The molecule has 1 heterocycles. The van der Waals surface area contributed by atoms with Crippen LogP contribution in [-0.4, -0.2) is 33.4 Å². The van der Waals surface area contributed by atoms with Crippen LogP contribution in [0.2, 0.25) is 0 Å². The molecule has 3 heteroatoms. The third kappa shape index (κ3) is 3.33. The topological polar surface area (TPSA) is 33.3 Å². The van der Waals surface area contributed by atoms with E-state index in [1.807, 2.05) is 0 Å². The fraction of sp³-hybridized carbons (Fsp3) is 0.647. The molecule has 2 aliphatic rings. The number of hydrogen-bond acceptors (Lipinski definition) is 3. The van der Waals surface area contributed by atoms with Crippen molar-refractivity contribution in [2.24, 2.45) is 11.3 Å². The summed E-state index contributed by atoms with van der Waals surface area (Å²) >= 11 is 0. The lowest BCUT2D eigenvalue weighted by molar-refractivity contribution is 0.171. The number of anilines is 1. The Morgan fingerprint density at radius 3 is 3.00 bits per heavy atom. The Labute approximate surface area is 122 Å². The van der Waals surface area contributed by atoms with Crippen LogP contribution in [0.5, 0.6) is 0 Å². The van der Waals surface area contributed by atoms with E-state index in [2.05, 4.69) is 34.9 Å². The first-order valence-electron chi connectivity index (χ1n) is 7.83. The molecule has 1 saturated carbocycles. The number of nitrogens with one attached hydrogen (secondary N) is 2. The Morgan fingerprint density at radius 1 is 1.35 bits per heavy atom. The van der Waals surface area contributed by atoms with Gasteiger partial charge in [-0.2, -0.15) is 0 Å². The largest absolute Gasteiger partial charge is 0.385 e. The van der Waals surface area contributed by atoms with Crippen LogP contribution in [-0.2, 0) is 11.2 Å². The van der Waals surface area contributed by atoms with E-state index in [-0.39, 0.29) is 0 Å². The number of benzene rings is 1. The molecule has 2 N–H and O–H groups in total. The summed E-state index contributed by atoms with van der Waals surface area (Å²) in [5.74, 6) is 0.711. The van der Waals surface area contributed by atoms with Gasteiger partial charge in [0.2, 0.25) is 0 Å². The third-order valence-corrected chi connectivity index (χ3v) is 4.83. The summed E-state index contributed by atoms with van der Waals surface area (Å²) in [5.41, 5.74) is 3.34. The molecule has 1 atom stereocenters. The summed E-state index contributed by atoms with van der Waals surface area (Å²) in [6, 6.07) is 8.68. The lowest BCUT2D eigenvalue weighted by Gasteiger charge is -2.27. The minimum Gasteiger partial charge on any atom is -0.385 e. The van der Waals surface area contributed by atoms with Crippen LogP contribution in [0.1, 0.15) is 24.8 Å². The molecular weight excluding hydrogens is 248 g/mol. The Bertz CT molecular complexity index is 442. The zero-order valence-electron chi connectivity index (χ0n) is 12.5. The Balaban J connectivity index is 1.42. The molecule has 0 aromatic heterocycles. The molecule has 3 rings (SSSR count). The van der Waals surface area contributed by atoms with Gasteiger partial charge in [-0.3, -0.25) is 0 Å². The van der Waals surface area contributed by atoms with Gasteiger partial charge in [-0.05, 0) is 55.2 Å². The van der Waals surface area contributed by atoms with Crippen molar-refractivity contribution >= 4 is 5.69 Å². The van der Waals surface area contributed by atoms with Crippen LogP contribution in [0.3, 0.4) is 0 Å². The van der Waals surface area contributed by atoms with E-state index >= 15 is 0 Å². The highest BCUT2D eigenvalue weighted by molar-refractivity contribution is 5.53. The molecule has 110 valence electrons. The van der Waals surface area contributed by atoms with Gasteiger partial charge in [-0.15, -0.1) is 0 Å². The van der Waals surface area contributed by atoms with Crippen molar-refractivity contribution < 1.29 is 4.74 Å². The highest BCUT2D eigenvalue weighted by Crippen LogP contribution is 2.48. The van der Waals surface area contributed by atoms with Gasteiger partial charge in [-0.25, -0.2) is 0 Å². The van der Waals surface area contributed by atoms with Crippen molar-refractivity contribution in [2.75, 3.05) is 38.7 Å². The first kappa shape index (κ1) is 13.9. The minimum absolute atomic E-state index is 0.552. The number of para-hydroxylation sites is 1. The number of ether oxygens (including phenoxy) is 1. The predicted octanol–water partition coefficient (Wildman–Crippen LogP) is 2.68. The predicted molar refractivity (Wildman–Crippen MR) is 83.2 cm³/mol. The minimum atomic E-state index is 0.552. The number of hydrogen-bond donors (Lipinski definition) is 2. The summed E-state index contributed by atoms with van der Waals surface area (Å²) in [5, 5.41) is 7.25. The Hall–Kier alpha value is -1.06. The smallest absolute Gasteiger partial charge is 0.0468 e. The maximum absolute atomic E-state index is 5.22. The van der Waals surface area contributed by atoms with E-state index in [9.17, 15) is 0 Å². The van der Waals surface area contributed by atoms with E-state index in [0.717, 1.165) is 26.2 Å². The zero-order chi connectivity index (χ0) is 13.8. The lowest BCUT2D eigenvalue weighted by Crippen LogP contribution is -2.35. The van der Waals surface area contributed by atoms with Crippen LogP contribution >= 0.6 is 0 Å². The van der Waals surface area contributed by atoms with E-state index in [0.29, 0.717) is 11.3 Å². The van der Waals surface area contributed by atoms with Gasteiger partial charge in [0.15, 0.2) is 0 Å². The monoisotopic (exact) mass is 274 g/mol. The zero-order valence-corrected chi connectivity index (χ0v) is 12.5. The first-order chi connectivity index (χ1) is 9.81. The lowest BCUT2D eigenvalue weighted by atomic mass is 9.93. The third-order valence-electron chi connectivity index (χ3n) is 4.83. The molecule has 3 nitrogen and oxygen atoms in total. The van der Waals surface area contributed by atoms with Gasteiger partial charge in [0.25, 0.3) is 0 Å². The fourth-order valence-corrected chi connectivity index (χ4v) is 3.20. The molecule has 0 spiro atoms. The van der Waals surface area contributed by atoms with Gasteiger partial charge < -0.3 is 15.4 Å². The van der Waals surface area contributed by atoms with Gasteiger partial charge in [0.05, 0.1) is 0 Å². The second-order valence-electron chi connectivity index (χ2n) is 6.48. The van der Waals surface area contributed by atoms with Gasteiger partial charge in [0.1, 0.15) is 0 Å². The standard InChI is InChI=1S/C17H26N2O/c1-20-9-8-17(6-7-17)13-18-11-14-10-15-4-2-3-5-16(15)19-12-14/h2-5,14,18-19H,6-13H2,1H3. The SMILES string of the molecule is COCCC1(CNCC2CNc3ccccc3C2)CC1. The van der Waals surface area contributed by atoms with Crippen molar-refractivity contribution in [3.8, 4) is 0 Å². The Morgan fingerprint density at radius 2 is 2.20 bits per heavy atom. The summed E-state index contributed by atoms with van der Waals surface area (Å²) in [7, 11) is 1.80. The molecule has 1 aromatic rings. The molecule has 1 aliphatic heterocycles. The number of methoxy groups -OCH3 is 1. The molecular formula is C17H26N2O. The molecule has 1 fully saturated rings. The van der Waals surface area contributed by atoms with Crippen molar-refractivity contribution in [3.05, 3.63) is 29.8 Å². The van der Waals surface area contributed by atoms with E-state index < -0.39 is 0 Å². The average Bonchev–Trinajstić information content (AvgIpc) is 3.25. The van der Waals surface area contributed by atoms with Crippen molar-refractivity contribution in [3.63, 3.8) is 0 Å². The van der Waals surface area contributed by atoms with Crippen molar-refractivity contribution in [1.82, 2.24) is 5.32 Å². The molecule has 20 heavy (non-hydrogen) atoms. The number of fused-ring (bicyclic) bond motifs is 1. The molecule has 0 radical (unpaired) electrons. The number of rotatable bonds is 7. The summed E-state index contributed by atoms with van der Waals surface area (Å²) < 4.78 is 5.22. The quantitative estimate of drug-likeness (QED) is 0.802. The van der Waals surface area contributed by atoms with E-state index in [4.69, 9.17) is 4.74 Å².